The van der Waals surface area contributed by atoms with Crippen LogP contribution in [0.5, 0.6) is 0 Å². The van der Waals surface area contributed by atoms with Gasteiger partial charge in [-0.15, -0.1) is 0 Å². The largest absolute Gasteiger partial charge is 0.448 e. The number of nitrogens with two attached hydrogens (primary N) is 1. The minimum absolute atomic E-state index is 0.206. The van der Waals surface area contributed by atoms with Gasteiger partial charge in [-0.3, -0.25) is 0 Å². The molecule has 4 aliphatic rings. The minimum Gasteiger partial charge on any atom is -0.448 e. The lowest BCUT2D eigenvalue weighted by molar-refractivity contribution is -0.144. The monoisotopic (exact) mass is 490 g/mol. The Labute approximate surface area is 214 Å². The molecule has 35 heavy (non-hydrogen) atoms. The topological polar surface area (TPSA) is 84.6 Å². The van der Waals surface area contributed by atoms with Crippen molar-refractivity contribution in [2.24, 2.45) is 58.0 Å². The summed E-state index contributed by atoms with van der Waals surface area (Å²) >= 11 is 0. The van der Waals surface area contributed by atoms with Crippen LogP contribution in [0.15, 0.2) is 0 Å². The van der Waals surface area contributed by atoms with E-state index in [2.05, 4.69) is 39.9 Å². The van der Waals surface area contributed by atoms with Gasteiger partial charge in [0.05, 0.1) is 6.10 Å². The van der Waals surface area contributed by atoms with Gasteiger partial charge in [-0.25, -0.2) is 4.79 Å². The zero-order chi connectivity index (χ0) is 25.4. The first kappa shape index (κ1) is 27.2. The van der Waals surface area contributed by atoms with Crippen LogP contribution in [0.1, 0.15) is 105 Å². The van der Waals surface area contributed by atoms with Crippen LogP contribution >= 0.6 is 0 Å². The lowest BCUT2D eigenvalue weighted by Gasteiger charge is -2.63. The van der Waals surface area contributed by atoms with E-state index in [1.54, 1.807) is 0 Å². The van der Waals surface area contributed by atoms with E-state index in [0.29, 0.717) is 24.5 Å². The van der Waals surface area contributed by atoms with E-state index in [1.165, 1.54) is 57.8 Å². The van der Waals surface area contributed by atoms with Crippen molar-refractivity contribution in [3.8, 4) is 0 Å². The number of rotatable bonds is 9. The third kappa shape index (κ3) is 5.28. The van der Waals surface area contributed by atoms with Gasteiger partial charge in [0.15, 0.2) is 0 Å². The summed E-state index contributed by atoms with van der Waals surface area (Å²) in [5.41, 5.74) is 5.87. The maximum Gasteiger partial charge on any atom is 0.404 e. The molecule has 5 nitrogen and oxygen atoms in total. The lowest BCUT2D eigenvalue weighted by Crippen LogP contribution is -2.63. The van der Waals surface area contributed by atoms with Gasteiger partial charge < -0.3 is 20.9 Å². The predicted molar refractivity (Wildman–Crippen MR) is 142 cm³/mol. The highest BCUT2D eigenvalue weighted by atomic mass is 16.5. The predicted octanol–water partition coefficient (Wildman–Crippen LogP) is 6.13. The number of carbonyl (C=O) groups is 1. The van der Waals surface area contributed by atoms with Crippen LogP contribution in [-0.4, -0.2) is 36.5 Å². The fraction of sp³-hybridized carbons (Fsp3) is 0.967. The molecular formula is C30H54N2O3. The number of primary amides is 1. The van der Waals surface area contributed by atoms with E-state index >= 15 is 0 Å². The van der Waals surface area contributed by atoms with E-state index in [4.69, 9.17) is 10.5 Å². The molecule has 0 aromatic carbocycles. The van der Waals surface area contributed by atoms with Gasteiger partial charge >= 0.3 is 6.09 Å². The Hall–Kier alpha value is -0.810. The Morgan fingerprint density at radius 2 is 1.83 bits per heavy atom. The maximum atomic E-state index is 11.0. The molecule has 0 aromatic rings. The van der Waals surface area contributed by atoms with Gasteiger partial charge in [0.2, 0.25) is 0 Å². The van der Waals surface area contributed by atoms with Crippen LogP contribution in [0.2, 0.25) is 0 Å². The lowest BCUT2D eigenvalue weighted by atomic mass is 9.43. The number of hydrogen-bond donors (Lipinski definition) is 3. The molecule has 4 rings (SSSR count). The molecule has 1 amide bonds. The van der Waals surface area contributed by atoms with Crippen molar-refractivity contribution >= 4 is 6.09 Å². The third-order valence-corrected chi connectivity index (χ3v) is 11.7. The van der Waals surface area contributed by atoms with Crippen molar-refractivity contribution in [3.05, 3.63) is 0 Å². The summed E-state index contributed by atoms with van der Waals surface area (Å²) in [6.07, 6.45) is 13.1. The molecule has 4 N–H and O–H groups in total. The van der Waals surface area contributed by atoms with Gasteiger partial charge in [0.1, 0.15) is 6.61 Å². The highest BCUT2D eigenvalue weighted by Gasteiger charge is 2.62. The first-order chi connectivity index (χ1) is 16.6. The Kier molecular flexibility index (Phi) is 8.47. The number of nitrogens with one attached hydrogen (secondary N) is 1. The molecule has 202 valence electrons. The molecule has 10 atom stereocenters. The smallest absolute Gasteiger partial charge is 0.404 e. The average molecular weight is 491 g/mol. The van der Waals surface area contributed by atoms with Gasteiger partial charge in [0, 0.05) is 12.6 Å². The number of aliphatic hydroxyl groups excluding tert-OH is 1. The second-order valence-electron chi connectivity index (χ2n) is 13.8. The van der Waals surface area contributed by atoms with Crippen LogP contribution in [0, 0.1) is 52.3 Å². The van der Waals surface area contributed by atoms with Crippen molar-refractivity contribution in [2.45, 2.75) is 117 Å². The van der Waals surface area contributed by atoms with E-state index < -0.39 is 6.09 Å². The van der Waals surface area contributed by atoms with E-state index in [-0.39, 0.29) is 17.6 Å². The van der Waals surface area contributed by atoms with Crippen LogP contribution in [0.4, 0.5) is 4.79 Å². The van der Waals surface area contributed by atoms with Crippen molar-refractivity contribution in [2.75, 3.05) is 13.2 Å². The molecule has 4 aliphatic carbocycles. The Morgan fingerprint density at radius 3 is 2.54 bits per heavy atom. The summed E-state index contributed by atoms with van der Waals surface area (Å²) in [6, 6.07) is 0.275. The van der Waals surface area contributed by atoms with Crippen molar-refractivity contribution in [1.29, 1.82) is 0 Å². The molecule has 5 heteroatoms. The second kappa shape index (κ2) is 10.9. The number of hydrogen-bond acceptors (Lipinski definition) is 4. The highest BCUT2D eigenvalue weighted by Crippen LogP contribution is 2.68. The minimum atomic E-state index is -0.710. The second-order valence-corrected chi connectivity index (χ2v) is 13.8. The molecule has 4 saturated carbocycles. The molecule has 4 fully saturated rings. The number of amides is 1. The first-order valence-corrected chi connectivity index (χ1v) is 14.9. The van der Waals surface area contributed by atoms with E-state index in [1.807, 2.05) is 0 Å². The maximum absolute atomic E-state index is 11.0. The number of ether oxygens (including phenoxy) is 1. The molecule has 0 bridgehead atoms. The standard InChI is InChI=1S/C30H54N2O3/c1-19(2)7-6-8-20(3)24-11-12-25-23-10-9-21-17-22(33)18-27(32-15-16-35-28(31)34)30(21,5)26(23)13-14-29(24,25)4/h19-27,32-33H,6-18H2,1-5H3,(H2,31,34)/t20-,21-,22+,23-,24-,25+,26+,27?,29-,30+/m1/s1. The summed E-state index contributed by atoms with van der Waals surface area (Å²) in [5.74, 6) is 5.55. The SMILES string of the molecule is CC(C)CCC[C@@H](C)[C@H]1CC[C@H]2[C@H]3CC[C@@H]4C[C@H](O)CC(NCCOC(N)=O)[C@]4(C)[C@H]3CC[C@]12C. The molecule has 1 unspecified atom stereocenters. The molecule has 0 spiro atoms. The number of fused-ring (bicyclic) bond motifs is 5. The average Bonchev–Trinajstić information content (AvgIpc) is 3.14. The summed E-state index contributed by atoms with van der Waals surface area (Å²) in [4.78, 5) is 11.0. The van der Waals surface area contributed by atoms with Gasteiger partial charge in [-0.2, -0.15) is 0 Å². The third-order valence-electron chi connectivity index (χ3n) is 11.7. The van der Waals surface area contributed by atoms with Crippen LogP contribution in [0.25, 0.3) is 0 Å². The molecule has 0 radical (unpaired) electrons. The van der Waals surface area contributed by atoms with E-state index in [0.717, 1.165) is 48.3 Å². The molecular weight excluding hydrogens is 436 g/mol. The molecule has 0 aromatic heterocycles. The molecule has 0 saturated heterocycles. The Balaban J connectivity index is 1.47. The normalized spacial score (nSPS) is 43.8. The highest BCUT2D eigenvalue weighted by molar-refractivity contribution is 5.64. The Bertz CT molecular complexity index is 728. The van der Waals surface area contributed by atoms with Crippen molar-refractivity contribution in [1.82, 2.24) is 5.32 Å². The number of carbonyl (C=O) groups excluding carboxylic acids is 1. The fourth-order valence-electron chi connectivity index (χ4n) is 10.0. The van der Waals surface area contributed by atoms with Gasteiger partial charge in [0.25, 0.3) is 0 Å². The van der Waals surface area contributed by atoms with Gasteiger partial charge in [-0.05, 0) is 104 Å². The van der Waals surface area contributed by atoms with Crippen molar-refractivity contribution in [3.63, 3.8) is 0 Å². The summed E-state index contributed by atoms with van der Waals surface area (Å²) in [7, 11) is 0. The molecule has 0 aliphatic heterocycles. The summed E-state index contributed by atoms with van der Waals surface area (Å²) < 4.78 is 4.99. The zero-order valence-electron chi connectivity index (χ0n) is 23.2. The Morgan fingerprint density at radius 1 is 1.06 bits per heavy atom. The first-order valence-electron chi connectivity index (χ1n) is 14.9. The summed E-state index contributed by atoms with van der Waals surface area (Å²) in [6.45, 7) is 13.4. The fourth-order valence-corrected chi connectivity index (χ4v) is 10.0. The van der Waals surface area contributed by atoms with E-state index in [9.17, 15) is 9.90 Å². The van der Waals surface area contributed by atoms with Crippen molar-refractivity contribution < 1.29 is 14.6 Å². The quantitative estimate of drug-likeness (QED) is 0.339. The van der Waals surface area contributed by atoms with Crippen LogP contribution < -0.4 is 11.1 Å². The molecule has 0 heterocycles. The number of aliphatic hydroxyl groups is 1. The zero-order valence-corrected chi connectivity index (χ0v) is 23.2. The van der Waals surface area contributed by atoms with Crippen LogP contribution in [-0.2, 0) is 4.74 Å². The summed E-state index contributed by atoms with van der Waals surface area (Å²) in [5, 5.41) is 14.4. The van der Waals surface area contributed by atoms with Gasteiger partial charge in [-0.1, -0.05) is 53.9 Å². The van der Waals surface area contributed by atoms with Crippen LogP contribution in [0.3, 0.4) is 0 Å².